The van der Waals surface area contributed by atoms with E-state index in [1.54, 1.807) is 0 Å². The number of nitrogens with zero attached hydrogens (tertiary/aromatic N) is 1. The van der Waals surface area contributed by atoms with Gasteiger partial charge in [-0.3, -0.25) is 0 Å². The lowest BCUT2D eigenvalue weighted by Gasteiger charge is -2.36. The zero-order valence-electron chi connectivity index (χ0n) is 14.7. The van der Waals surface area contributed by atoms with Gasteiger partial charge in [-0.1, -0.05) is 6.92 Å². The summed E-state index contributed by atoms with van der Waals surface area (Å²) in [6, 6.07) is 1.51. The molecule has 2 saturated heterocycles. The first-order valence-electron chi connectivity index (χ1n) is 8.84. The first kappa shape index (κ1) is 17.5. The Morgan fingerprint density at radius 2 is 2.09 bits per heavy atom. The van der Waals surface area contributed by atoms with Crippen LogP contribution in [0.1, 0.15) is 59.8 Å². The molecular formula is C17H33N3O2. The minimum absolute atomic E-state index is 0.136. The first-order chi connectivity index (χ1) is 10.4. The maximum absolute atomic E-state index is 11.9. The van der Waals surface area contributed by atoms with E-state index in [4.69, 9.17) is 4.74 Å². The Labute approximate surface area is 135 Å². The molecule has 1 amide bonds. The Morgan fingerprint density at radius 3 is 2.77 bits per heavy atom. The highest BCUT2D eigenvalue weighted by Gasteiger charge is 2.31. The molecule has 2 N–H and O–H groups in total. The van der Waals surface area contributed by atoms with Crippen molar-refractivity contribution in [3.05, 3.63) is 0 Å². The third-order valence-electron chi connectivity index (χ3n) is 4.69. The lowest BCUT2D eigenvalue weighted by Crippen LogP contribution is -2.50. The van der Waals surface area contributed by atoms with Crippen molar-refractivity contribution in [2.45, 2.75) is 83.5 Å². The fraction of sp³-hybridized carbons (Fsp3) is 0.941. The van der Waals surface area contributed by atoms with Gasteiger partial charge in [-0.05, 0) is 66.0 Å². The van der Waals surface area contributed by atoms with Crippen molar-refractivity contribution in [1.29, 1.82) is 0 Å². The molecule has 3 atom stereocenters. The monoisotopic (exact) mass is 311 g/mol. The smallest absolute Gasteiger partial charge is 0.407 e. The van der Waals surface area contributed by atoms with Crippen molar-refractivity contribution >= 4 is 6.09 Å². The Morgan fingerprint density at radius 1 is 1.32 bits per heavy atom. The van der Waals surface area contributed by atoms with E-state index in [-0.39, 0.29) is 12.1 Å². The van der Waals surface area contributed by atoms with Gasteiger partial charge in [0.2, 0.25) is 0 Å². The molecule has 0 aromatic heterocycles. The van der Waals surface area contributed by atoms with Crippen molar-refractivity contribution in [1.82, 2.24) is 15.5 Å². The van der Waals surface area contributed by atoms with Crippen LogP contribution in [0.3, 0.4) is 0 Å². The van der Waals surface area contributed by atoms with Gasteiger partial charge in [-0.25, -0.2) is 4.79 Å². The number of rotatable bonds is 5. The summed E-state index contributed by atoms with van der Waals surface area (Å²) in [6.07, 6.45) is 5.78. The standard InChI is InChI=1S/C17H33N3O2/c1-5-13(19-16(21)22-17(2,3)4)12-18-14-8-10-20-9-6-7-15(20)11-14/h13-15,18H,5-12H2,1-4H3,(H,19,21). The maximum Gasteiger partial charge on any atom is 0.407 e. The fourth-order valence-corrected chi connectivity index (χ4v) is 3.49. The molecule has 5 heteroatoms. The molecule has 0 spiro atoms. The van der Waals surface area contributed by atoms with Gasteiger partial charge < -0.3 is 20.3 Å². The number of hydrogen-bond acceptors (Lipinski definition) is 4. The molecule has 2 aliphatic rings. The molecule has 2 rings (SSSR count). The van der Waals surface area contributed by atoms with E-state index < -0.39 is 5.60 Å². The number of nitrogens with one attached hydrogen (secondary N) is 2. The summed E-state index contributed by atoms with van der Waals surface area (Å²) in [4.78, 5) is 14.5. The van der Waals surface area contributed by atoms with Gasteiger partial charge in [0.1, 0.15) is 5.60 Å². The van der Waals surface area contributed by atoms with Crippen LogP contribution in [0, 0.1) is 0 Å². The minimum atomic E-state index is -0.439. The quantitative estimate of drug-likeness (QED) is 0.819. The van der Waals surface area contributed by atoms with Crippen LogP contribution in [0.4, 0.5) is 4.79 Å². The van der Waals surface area contributed by atoms with Crippen molar-refractivity contribution < 1.29 is 9.53 Å². The highest BCUT2D eigenvalue weighted by molar-refractivity contribution is 5.68. The second-order valence-corrected chi connectivity index (χ2v) is 7.71. The number of alkyl carbamates (subject to hydrolysis) is 1. The van der Waals surface area contributed by atoms with Gasteiger partial charge in [-0.15, -0.1) is 0 Å². The lowest BCUT2D eigenvalue weighted by atomic mass is 9.97. The predicted octanol–water partition coefficient (Wildman–Crippen LogP) is 2.51. The highest BCUT2D eigenvalue weighted by atomic mass is 16.6. The molecular weight excluding hydrogens is 278 g/mol. The molecule has 2 fully saturated rings. The number of carbonyl (C=O) groups excluding carboxylic acids is 1. The fourth-order valence-electron chi connectivity index (χ4n) is 3.49. The van der Waals surface area contributed by atoms with Crippen LogP contribution in [-0.4, -0.2) is 54.4 Å². The molecule has 3 unspecified atom stereocenters. The van der Waals surface area contributed by atoms with Crippen molar-refractivity contribution in [3.8, 4) is 0 Å². The summed E-state index contributed by atoms with van der Waals surface area (Å²) in [6.45, 7) is 11.1. The molecule has 22 heavy (non-hydrogen) atoms. The van der Waals surface area contributed by atoms with Gasteiger partial charge in [0.05, 0.1) is 0 Å². The third kappa shape index (κ3) is 5.43. The number of amides is 1. The van der Waals surface area contributed by atoms with E-state index in [9.17, 15) is 4.79 Å². The first-order valence-corrected chi connectivity index (χ1v) is 8.84. The number of ether oxygens (including phenoxy) is 1. The average Bonchev–Trinajstić information content (AvgIpc) is 2.88. The Kier molecular flexibility index (Phi) is 6.09. The minimum Gasteiger partial charge on any atom is -0.444 e. The van der Waals surface area contributed by atoms with Gasteiger partial charge in [-0.2, -0.15) is 0 Å². The van der Waals surface area contributed by atoms with Crippen LogP contribution >= 0.6 is 0 Å². The van der Waals surface area contributed by atoms with Crippen molar-refractivity contribution in [2.75, 3.05) is 19.6 Å². The number of carbonyl (C=O) groups is 1. The van der Waals surface area contributed by atoms with Crippen LogP contribution in [0.5, 0.6) is 0 Å². The molecule has 0 radical (unpaired) electrons. The van der Waals surface area contributed by atoms with Gasteiger partial charge in [0.25, 0.3) is 0 Å². The number of fused-ring (bicyclic) bond motifs is 1. The molecule has 128 valence electrons. The number of piperidine rings is 1. The molecule has 0 aromatic rings. The van der Waals surface area contributed by atoms with Crippen molar-refractivity contribution in [3.63, 3.8) is 0 Å². The summed E-state index contributed by atoms with van der Waals surface area (Å²) in [5.41, 5.74) is -0.439. The van der Waals surface area contributed by atoms with Crippen LogP contribution in [0.15, 0.2) is 0 Å². The topological polar surface area (TPSA) is 53.6 Å². The highest BCUT2D eigenvalue weighted by Crippen LogP contribution is 2.26. The second kappa shape index (κ2) is 7.64. The molecule has 0 saturated carbocycles. The lowest BCUT2D eigenvalue weighted by molar-refractivity contribution is 0.0500. The van der Waals surface area contributed by atoms with E-state index >= 15 is 0 Å². The molecule has 2 aliphatic heterocycles. The van der Waals surface area contributed by atoms with Crippen molar-refractivity contribution in [2.24, 2.45) is 0 Å². The van der Waals surface area contributed by atoms with Crippen LogP contribution in [0.2, 0.25) is 0 Å². The normalized spacial score (nSPS) is 27.3. The van der Waals surface area contributed by atoms with Gasteiger partial charge >= 0.3 is 6.09 Å². The van der Waals surface area contributed by atoms with E-state index in [1.165, 1.54) is 38.8 Å². The molecule has 5 nitrogen and oxygen atoms in total. The van der Waals surface area contributed by atoms with Gasteiger partial charge in [0.15, 0.2) is 0 Å². The predicted molar refractivity (Wildman–Crippen MR) is 89.1 cm³/mol. The summed E-state index contributed by atoms with van der Waals surface area (Å²) in [5.74, 6) is 0. The SMILES string of the molecule is CCC(CNC1CCN2CCCC2C1)NC(=O)OC(C)(C)C. The summed E-state index contributed by atoms with van der Waals surface area (Å²) >= 11 is 0. The average molecular weight is 311 g/mol. The zero-order valence-corrected chi connectivity index (χ0v) is 14.7. The van der Waals surface area contributed by atoms with E-state index in [0.29, 0.717) is 6.04 Å². The zero-order chi connectivity index (χ0) is 16.2. The van der Waals surface area contributed by atoms with Crippen LogP contribution in [-0.2, 0) is 4.74 Å². The second-order valence-electron chi connectivity index (χ2n) is 7.71. The van der Waals surface area contributed by atoms with Crippen LogP contribution < -0.4 is 10.6 Å². The van der Waals surface area contributed by atoms with E-state index in [1.807, 2.05) is 20.8 Å². The van der Waals surface area contributed by atoms with E-state index in [0.717, 1.165) is 19.0 Å². The summed E-state index contributed by atoms with van der Waals surface area (Å²) in [7, 11) is 0. The molecule has 0 aliphatic carbocycles. The Hall–Kier alpha value is -0.810. The van der Waals surface area contributed by atoms with E-state index in [2.05, 4.69) is 22.5 Å². The Bertz CT molecular complexity index is 367. The van der Waals surface area contributed by atoms with Gasteiger partial charge in [0, 0.05) is 24.7 Å². The molecule has 0 aromatic carbocycles. The summed E-state index contributed by atoms with van der Waals surface area (Å²) in [5, 5.41) is 6.63. The third-order valence-corrected chi connectivity index (χ3v) is 4.69. The maximum atomic E-state index is 11.9. The largest absolute Gasteiger partial charge is 0.444 e. The summed E-state index contributed by atoms with van der Waals surface area (Å²) < 4.78 is 5.33. The molecule has 0 bridgehead atoms. The van der Waals surface area contributed by atoms with Crippen LogP contribution in [0.25, 0.3) is 0 Å². The Balaban J connectivity index is 1.70. The number of hydrogen-bond donors (Lipinski definition) is 2. The molecule has 2 heterocycles.